The van der Waals surface area contributed by atoms with Gasteiger partial charge in [0, 0.05) is 52.1 Å². The van der Waals surface area contributed by atoms with Crippen molar-refractivity contribution in [2.75, 3.05) is 67.3 Å². The van der Waals surface area contributed by atoms with Crippen LogP contribution in [0.2, 0.25) is 0 Å². The van der Waals surface area contributed by atoms with Gasteiger partial charge in [0.15, 0.2) is 11.5 Å². The highest BCUT2D eigenvalue weighted by molar-refractivity contribution is 5.48. The van der Waals surface area contributed by atoms with Gasteiger partial charge in [0.05, 0.1) is 39.0 Å². The van der Waals surface area contributed by atoms with E-state index in [0.717, 1.165) is 18.7 Å². The molecule has 1 aliphatic heterocycles. The van der Waals surface area contributed by atoms with Crippen LogP contribution < -0.4 is 15.0 Å². The quantitative estimate of drug-likeness (QED) is 0.545. The second kappa shape index (κ2) is 11.5. The summed E-state index contributed by atoms with van der Waals surface area (Å²) in [4.78, 5) is 18.0. The predicted octanol–water partition coefficient (Wildman–Crippen LogP) is 1.23. The van der Waals surface area contributed by atoms with Crippen molar-refractivity contribution in [3.8, 4) is 17.2 Å². The number of methoxy groups -OCH3 is 3. The van der Waals surface area contributed by atoms with Crippen LogP contribution in [0, 0.1) is 6.92 Å². The summed E-state index contributed by atoms with van der Waals surface area (Å²) < 4.78 is 17.7. The zero-order valence-corrected chi connectivity index (χ0v) is 19.9. The van der Waals surface area contributed by atoms with Crippen LogP contribution in [0.1, 0.15) is 22.9 Å². The first-order chi connectivity index (χ1) is 15.9. The smallest absolute Gasteiger partial charge is 0.259 e. The molecule has 0 amide bonds. The fourth-order valence-corrected chi connectivity index (χ4v) is 4.46. The average Bonchev–Trinajstić information content (AvgIpc) is 2.82. The number of piperazine rings is 1. The van der Waals surface area contributed by atoms with E-state index < -0.39 is 6.04 Å². The third-order valence-corrected chi connectivity index (χ3v) is 6.23. The molecular weight excluding hydrogens is 426 g/mol. The van der Waals surface area contributed by atoms with Crippen LogP contribution in [0.3, 0.4) is 0 Å². The maximum absolute atomic E-state index is 13.6. The van der Waals surface area contributed by atoms with Crippen molar-refractivity contribution in [3.05, 3.63) is 51.4 Å². The van der Waals surface area contributed by atoms with Crippen molar-refractivity contribution in [3.63, 3.8) is 0 Å². The fraction of sp³-hybridized carbons (Fsp3) is 0.542. The molecule has 1 aliphatic rings. The Hall–Kier alpha value is -2.59. The molecule has 2 N–H and O–H groups in total. The number of nitrogens with zero attached hydrogens (tertiary/aromatic N) is 3. The lowest BCUT2D eigenvalue weighted by Gasteiger charge is -2.39. The monoisotopic (exact) mass is 461 g/mol. The molecule has 0 spiro atoms. The number of aliphatic hydroxyl groups is 1. The van der Waals surface area contributed by atoms with Crippen molar-refractivity contribution in [2.45, 2.75) is 19.5 Å². The summed E-state index contributed by atoms with van der Waals surface area (Å²) in [6.45, 7) is 6.22. The molecule has 3 rings (SSSR count). The number of aliphatic hydroxyl groups excluding tert-OH is 1. The van der Waals surface area contributed by atoms with Crippen LogP contribution in [-0.2, 0) is 11.3 Å². The minimum atomic E-state index is -0.469. The Morgan fingerprint density at radius 1 is 1.00 bits per heavy atom. The molecule has 1 fully saturated rings. The minimum absolute atomic E-state index is 0.0243. The second-order valence-electron chi connectivity index (χ2n) is 8.15. The molecule has 0 bridgehead atoms. The van der Waals surface area contributed by atoms with Gasteiger partial charge in [-0.2, -0.15) is 0 Å². The largest absolute Gasteiger partial charge is 0.507 e. The van der Waals surface area contributed by atoms with Gasteiger partial charge in [-0.3, -0.25) is 14.6 Å². The Balaban J connectivity index is 2.11. The minimum Gasteiger partial charge on any atom is -0.507 e. The summed E-state index contributed by atoms with van der Waals surface area (Å²) >= 11 is 0. The predicted molar refractivity (Wildman–Crippen MR) is 125 cm³/mol. The zero-order chi connectivity index (χ0) is 24.0. The molecule has 1 aromatic carbocycles. The van der Waals surface area contributed by atoms with Gasteiger partial charge in [0.1, 0.15) is 5.75 Å². The number of β-amino-alcohol motifs (C(OH)–C–C–N with tert-alkyl or cyclic N) is 1. The van der Waals surface area contributed by atoms with E-state index in [1.54, 1.807) is 38.9 Å². The number of aromatic nitrogens is 1. The zero-order valence-electron chi connectivity index (χ0n) is 19.9. The number of rotatable bonds is 10. The van der Waals surface area contributed by atoms with Crippen molar-refractivity contribution >= 4 is 0 Å². The van der Waals surface area contributed by atoms with Gasteiger partial charge in [-0.05, 0) is 30.7 Å². The third-order valence-electron chi connectivity index (χ3n) is 6.23. The standard InChI is InChI=1S/C24H35N3O6/c1-17-15-19(29)22(24(30)27(17)12-14-31-2)23(26-9-7-25(8-10-26)11-13-28)18-5-6-20(32-3)21(16-18)33-4/h5-6,15-16,23,28-29H,7-14H2,1-4H3. The van der Waals surface area contributed by atoms with Crippen LogP contribution in [0.5, 0.6) is 17.2 Å². The third kappa shape index (κ3) is 5.50. The lowest BCUT2D eigenvalue weighted by molar-refractivity contribution is 0.0930. The summed E-state index contributed by atoms with van der Waals surface area (Å²) in [5.41, 5.74) is 1.61. The second-order valence-corrected chi connectivity index (χ2v) is 8.15. The van der Waals surface area contributed by atoms with Crippen molar-refractivity contribution in [1.29, 1.82) is 0 Å². The Labute approximate surface area is 194 Å². The average molecular weight is 462 g/mol. The van der Waals surface area contributed by atoms with Crippen molar-refractivity contribution in [2.24, 2.45) is 0 Å². The molecule has 9 heteroatoms. The van der Waals surface area contributed by atoms with Gasteiger partial charge in [-0.1, -0.05) is 6.07 Å². The van der Waals surface area contributed by atoms with Gasteiger partial charge in [0.2, 0.25) is 0 Å². The van der Waals surface area contributed by atoms with E-state index in [9.17, 15) is 15.0 Å². The Kier molecular flexibility index (Phi) is 8.74. The fourth-order valence-electron chi connectivity index (χ4n) is 4.46. The Bertz CT molecular complexity index is 985. The summed E-state index contributed by atoms with van der Waals surface area (Å²) in [5.74, 6) is 1.13. The number of hydrogen-bond donors (Lipinski definition) is 2. The molecule has 9 nitrogen and oxygen atoms in total. The number of pyridine rings is 1. The lowest BCUT2D eigenvalue weighted by atomic mass is 9.95. The van der Waals surface area contributed by atoms with Gasteiger partial charge >= 0.3 is 0 Å². The van der Waals surface area contributed by atoms with Crippen LogP contribution in [0.4, 0.5) is 0 Å². The highest BCUT2D eigenvalue weighted by Crippen LogP contribution is 2.37. The number of benzene rings is 1. The molecular formula is C24H35N3O6. The number of ether oxygens (including phenoxy) is 3. The van der Waals surface area contributed by atoms with E-state index in [1.165, 1.54) is 0 Å². The van der Waals surface area contributed by atoms with Gasteiger partial charge in [-0.15, -0.1) is 0 Å². The SMILES string of the molecule is COCCn1c(C)cc(O)c(C(c2ccc(OC)c(OC)c2)N2CCN(CCO)CC2)c1=O. The van der Waals surface area contributed by atoms with E-state index in [2.05, 4.69) is 9.80 Å². The maximum atomic E-state index is 13.6. The van der Waals surface area contributed by atoms with Crippen molar-refractivity contribution in [1.82, 2.24) is 14.4 Å². The molecule has 1 saturated heterocycles. The highest BCUT2D eigenvalue weighted by atomic mass is 16.5. The summed E-state index contributed by atoms with van der Waals surface area (Å²) in [6, 6.07) is 6.76. The molecule has 2 heterocycles. The van der Waals surface area contributed by atoms with Crippen LogP contribution in [0.15, 0.2) is 29.1 Å². The first kappa shape index (κ1) is 25.0. The Morgan fingerprint density at radius 3 is 2.30 bits per heavy atom. The molecule has 182 valence electrons. The number of aryl methyl sites for hydroxylation is 1. The molecule has 0 aliphatic carbocycles. The van der Waals surface area contributed by atoms with Crippen LogP contribution >= 0.6 is 0 Å². The summed E-state index contributed by atoms with van der Waals surface area (Å²) in [5, 5.41) is 20.3. The first-order valence-corrected chi connectivity index (χ1v) is 11.2. The normalized spacial score (nSPS) is 16.0. The number of hydrogen-bond acceptors (Lipinski definition) is 8. The maximum Gasteiger partial charge on any atom is 0.259 e. The molecule has 1 atom stereocenters. The van der Waals surface area contributed by atoms with Crippen LogP contribution in [0.25, 0.3) is 0 Å². The van der Waals surface area contributed by atoms with Crippen molar-refractivity contribution < 1.29 is 24.4 Å². The number of aromatic hydroxyl groups is 1. The summed E-state index contributed by atoms with van der Waals surface area (Å²) in [7, 11) is 4.75. The van der Waals surface area contributed by atoms with E-state index in [-0.39, 0.29) is 17.9 Å². The highest BCUT2D eigenvalue weighted by Gasteiger charge is 2.32. The summed E-state index contributed by atoms with van der Waals surface area (Å²) in [6.07, 6.45) is 0. The first-order valence-electron chi connectivity index (χ1n) is 11.2. The van der Waals surface area contributed by atoms with E-state index in [0.29, 0.717) is 55.5 Å². The Morgan fingerprint density at radius 2 is 1.70 bits per heavy atom. The molecule has 1 unspecified atom stereocenters. The molecule has 0 saturated carbocycles. The van der Waals surface area contributed by atoms with Crippen LogP contribution in [-0.4, -0.2) is 91.8 Å². The topological polar surface area (TPSA) is 96.6 Å². The van der Waals surface area contributed by atoms with Gasteiger partial charge < -0.3 is 29.0 Å². The molecule has 2 aromatic rings. The lowest BCUT2D eigenvalue weighted by Crippen LogP contribution is -2.49. The molecule has 1 aromatic heterocycles. The van der Waals surface area contributed by atoms with Gasteiger partial charge in [-0.25, -0.2) is 0 Å². The molecule has 0 radical (unpaired) electrons. The van der Waals surface area contributed by atoms with E-state index in [1.807, 2.05) is 18.2 Å². The molecule has 33 heavy (non-hydrogen) atoms. The van der Waals surface area contributed by atoms with Gasteiger partial charge in [0.25, 0.3) is 5.56 Å². The van der Waals surface area contributed by atoms with E-state index in [4.69, 9.17) is 14.2 Å². The van der Waals surface area contributed by atoms with E-state index >= 15 is 0 Å².